The number of rotatable bonds is 3. The lowest BCUT2D eigenvalue weighted by Crippen LogP contribution is -2.37. The number of aryl methyl sites for hydroxylation is 1. The fraction of sp³-hybridized carbons (Fsp3) is 0.467. The number of nitrogens with zero attached hydrogens (tertiary/aromatic N) is 3. The molecule has 1 N–H and O–H groups in total. The van der Waals surface area contributed by atoms with Crippen LogP contribution in [0.3, 0.4) is 0 Å². The molecule has 0 amide bonds. The van der Waals surface area contributed by atoms with Crippen molar-refractivity contribution in [3.8, 4) is 0 Å². The molecular formula is C15H20N4. The Morgan fingerprint density at radius 3 is 2.74 bits per heavy atom. The molecule has 1 saturated heterocycles. The van der Waals surface area contributed by atoms with Gasteiger partial charge in [0.1, 0.15) is 0 Å². The molecule has 1 unspecified atom stereocenters. The standard InChI is InChI=1S/C15H20N4/c1-11-15(19-9-5-6-12(19)10-16-2)18-14-8-4-3-7-13(14)17-11/h3-4,7-8,12,16H,5-6,9-10H2,1-2H3. The number of nitrogens with one attached hydrogen (secondary N) is 1. The molecule has 1 aliphatic rings. The Balaban J connectivity index is 2.01. The maximum Gasteiger partial charge on any atom is 0.151 e. The summed E-state index contributed by atoms with van der Waals surface area (Å²) >= 11 is 0. The summed E-state index contributed by atoms with van der Waals surface area (Å²) in [6, 6.07) is 8.63. The quantitative estimate of drug-likeness (QED) is 0.913. The van der Waals surface area contributed by atoms with Crippen LogP contribution in [0.4, 0.5) is 5.82 Å². The molecular weight excluding hydrogens is 236 g/mol. The first-order valence-electron chi connectivity index (χ1n) is 6.94. The first-order chi connectivity index (χ1) is 9.29. The molecule has 19 heavy (non-hydrogen) atoms. The molecule has 1 aromatic carbocycles. The van der Waals surface area contributed by atoms with E-state index in [0.717, 1.165) is 35.6 Å². The normalized spacial score (nSPS) is 19.3. The number of fused-ring (bicyclic) bond motifs is 1. The highest BCUT2D eigenvalue weighted by Gasteiger charge is 2.26. The highest BCUT2D eigenvalue weighted by molar-refractivity contribution is 5.76. The molecule has 0 bridgehead atoms. The van der Waals surface area contributed by atoms with Gasteiger partial charge in [0.25, 0.3) is 0 Å². The van der Waals surface area contributed by atoms with Crippen LogP contribution in [-0.2, 0) is 0 Å². The average molecular weight is 256 g/mol. The minimum Gasteiger partial charge on any atom is -0.351 e. The van der Waals surface area contributed by atoms with E-state index in [-0.39, 0.29) is 0 Å². The molecule has 0 saturated carbocycles. The van der Waals surface area contributed by atoms with Gasteiger partial charge in [0.05, 0.1) is 16.7 Å². The number of anilines is 1. The van der Waals surface area contributed by atoms with E-state index in [1.807, 2.05) is 31.3 Å². The Bertz CT molecular complexity index is 581. The summed E-state index contributed by atoms with van der Waals surface area (Å²) in [5.41, 5.74) is 2.99. The molecule has 3 rings (SSSR count). The van der Waals surface area contributed by atoms with Crippen LogP contribution in [0.25, 0.3) is 11.0 Å². The minimum absolute atomic E-state index is 0.541. The Morgan fingerprint density at radius 1 is 1.26 bits per heavy atom. The van der Waals surface area contributed by atoms with Gasteiger partial charge in [-0.3, -0.25) is 0 Å². The zero-order valence-corrected chi connectivity index (χ0v) is 11.6. The summed E-state index contributed by atoms with van der Waals surface area (Å²) in [4.78, 5) is 11.9. The van der Waals surface area contributed by atoms with Crippen molar-refractivity contribution >= 4 is 16.9 Å². The number of likely N-dealkylation sites (N-methyl/N-ethyl adjacent to an activating group) is 1. The van der Waals surface area contributed by atoms with E-state index < -0.39 is 0 Å². The molecule has 1 aromatic heterocycles. The first-order valence-corrected chi connectivity index (χ1v) is 6.94. The zero-order valence-electron chi connectivity index (χ0n) is 11.6. The monoisotopic (exact) mass is 256 g/mol. The van der Waals surface area contributed by atoms with Crippen LogP contribution in [0.15, 0.2) is 24.3 Å². The highest BCUT2D eigenvalue weighted by Crippen LogP contribution is 2.27. The van der Waals surface area contributed by atoms with Crippen molar-refractivity contribution in [3.05, 3.63) is 30.0 Å². The summed E-state index contributed by atoms with van der Waals surface area (Å²) in [5.74, 6) is 1.05. The van der Waals surface area contributed by atoms with E-state index in [4.69, 9.17) is 9.97 Å². The predicted octanol–water partition coefficient (Wildman–Crippen LogP) is 2.13. The molecule has 4 heteroatoms. The molecule has 1 aliphatic heterocycles. The van der Waals surface area contributed by atoms with Crippen LogP contribution in [0.1, 0.15) is 18.5 Å². The molecule has 2 aromatic rings. The molecule has 0 spiro atoms. The third-order valence-electron chi connectivity index (χ3n) is 3.81. The van der Waals surface area contributed by atoms with E-state index in [2.05, 4.69) is 17.1 Å². The number of hydrogen-bond acceptors (Lipinski definition) is 4. The fourth-order valence-corrected chi connectivity index (χ4v) is 2.91. The smallest absolute Gasteiger partial charge is 0.151 e. The van der Waals surface area contributed by atoms with Gasteiger partial charge in [-0.15, -0.1) is 0 Å². The summed E-state index contributed by atoms with van der Waals surface area (Å²) in [7, 11) is 2.01. The largest absolute Gasteiger partial charge is 0.351 e. The van der Waals surface area contributed by atoms with Gasteiger partial charge in [-0.05, 0) is 38.9 Å². The van der Waals surface area contributed by atoms with E-state index in [9.17, 15) is 0 Å². The Morgan fingerprint density at radius 2 is 2.00 bits per heavy atom. The molecule has 0 radical (unpaired) electrons. The summed E-state index contributed by atoms with van der Waals surface area (Å²) in [6.45, 7) is 4.15. The second kappa shape index (κ2) is 5.13. The highest BCUT2D eigenvalue weighted by atomic mass is 15.3. The maximum absolute atomic E-state index is 4.82. The van der Waals surface area contributed by atoms with Crippen LogP contribution < -0.4 is 10.2 Å². The minimum atomic E-state index is 0.541. The molecule has 4 nitrogen and oxygen atoms in total. The van der Waals surface area contributed by atoms with E-state index in [1.165, 1.54) is 12.8 Å². The van der Waals surface area contributed by atoms with Crippen molar-refractivity contribution in [2.75, 3.05) is 25.0 Å². The van der Waals surface area contributed by atoms with Crippen LogP contribution in [0.5, 0.6) is 0 Å². The van der Waals surface area contributed by atoms with Gasteiger partial charge in [-0.1, -0.05) is 12.1 Å². The van der Waals surface area contributed by atoms with Gasteiger partial charge in [0.2, 0.25) is 0 Å². The van der Waals surface area contributed by atoms with Crippen LogP contribution >= 0.6 is 0 Å². The molecule has 0 aliphatic carbocycles. The van der Waals surface area contributed by atoms with Gasteiger partial charge in [0, 0.05) is 19.1 Å². The van der Waals surface area contributed by atoms with Crippen molar-refractivity contribution < 1.29 is 0 Å². The lowest BCUT2D eigenvalue weighted by atomic mass is 10.2. The van der Waals surface area contributed by atoms with Crippen molar-refractivity contribution in [2.45, 2.75) is 25.8 Å². The number of benzene rings is 1. The summed E-state index contributed by atoms with van der Waals surface area (Å²) < 4.78 is 0. The Kier molecular flexibility index (Phi) is 3.34. The van der Waals surface area contributed by atoms with Crippen LogP contribution in [0, 0.1) is 6.92 Å². The van der Waals surface area contributed by atoms with Gasteiger partial charge in [-0.2, -0.15) is 0 Å². The van der Waals surface area contributed by atoms with Crippen molar-refractivity contribution in [1.29, 1.82) is 0 Å². The lowest BCUT2D eigenvalue weighted by molar-refractivity contribution is 0.610. The molecule has 1 atom stereocenters. The van der Waals surface area contributed by atoms with E-state index in [0.29, 0.717) is 6.04 Å². The fourth-order valence-electron chi connectivity index (χ4n) is 2.91. The van der Waals surface area contributed by atoms with Crippen molar-refractivity contribution in [1.82, 2.24) is 15.3 Å². The van der Waals surface area contributed by atoms with Gasteiger partial charge < -0.3 is 10.2 Å². The van der Waals surface area contributed by atoms with E-state index >= 15 is 0 Å². The van der Waals surface area contributed by atoms with Gasteiger partial charge in [-0.25, -0.2) is 9.97 Å². The number of hydrogen-bond donors (Lipinski definition) is 1. The molecule has 100 valence electrons. The third-order valence-corrected chi connectivity index (χ3v) is 3.81. The summed E-state index contributed by atoms with van der Waals surface area (Å²) in [6.07, 6.45) is 2.47. The second-order valence-electron chi connectivity index (χ2n) is 5.17. The first kappa shape index (κ1) is 12.4. The van der Waals surface area contributed by atoms with Crippen LogP contribution in [0.2, 0.25) is 0 Å². The van der Waals surface area contributed by atoms with Crippen LogP contribution in [-0.4, -0.2) is 36.1 Å². The maximum atomic E-state index is 4.82. The van der Waals surface area contributed by atoms with Gasteiger partial charge >= 0.3 is 0 Å². The molecule has 2 heterocycles. The average Bonchev–Trinajstić information content (AvgIpc) is 2.86. The van der Waals surface area contributed by atoms with Crippen molar-refractivity contribution in [2.24, 2.45) is 0 Å². The topological polar surface area (TPSA) is 41.0 Å². The predicted molar refractivity (Wildman–Crippen MR) is 78.6 cm³/mol. The number of aromatic nitrogens is 2. The van der Waals surface area contributed by atoms with Crippen molar-refractivity contribution in [3.63, 3.8) is 0 Å². The van der Waals surface area contributed by atoms with E-state index in [1.54, 1.807) is 0 Å². The Labute approximate surface area is 113 Å². The number of para-hydroxylation sites is 2. The Hall–Kier alpha value is -1.68. The second-order valence-corrected chi connectivity index (χ2v) is 5.17. The summed E-state index contributed by atoms with van der Waals surface area (Å²) in [5, 5.41) is 3.28. The van der Waals surface area contributed by atoms with Gasteiger partial charge in [0.15, 0.2) is 5.82 Å². The lowest BCUT2D eigenvalue weighted by Gasteiger charge is -2.26. The third kappa shape index (κ3) is 2.28. The molecule has 1 fully saturated rings. The SMILES string of the molecule is CNCC1CCCN1c1nc2ccccc2nc1C. The zero-order chi connectivity index (χ0) is 13.2.